The van der Waals surface area contributed by atoms with E-state index in [1.165, 1.54) is 11.3 Å². The molecule has 3 nitrogen and oxygen atoms in total. The van der Waals surface area contributed by atoms with Crippen LogP contribution < -0.4 is 4.90 Å². The van der Waals surface area contributed by atoms with Crippen LogP contribution >= 0.6 is 23.4 Å². The summed E-state index contributed by atoms with van der Waals surface area (Å²) in [6.45, 7) is 4.28. The van der Waals surface area contributed by atoms with Crippen molar-refractivity contribution in [3.63, 3.8) is 0 Å². The summed E-state index contributed by atoms with van der Waals surface area (Å²) in [6.07, 6.45) is 0. The lowest BCUT2D eigenvalue weighted by molar-refractivity contribution is 0.312. The Morgan fingerprint density at radius 2 is 2.00 bits per heavy atom. The van der Waals surface area contributed by atoms with Gasteiger partial charge in [-0.2, -0.15) is 11.8 Å². The van der Waals surface area contributed by atoms with Gasteiger partial charge in [-0.05, 0) is 24.7 Å². The second-order valence-electron chi connectivity index (χ2n) is 4.69. The number of rotatable bonds is 2. The summed E-state index contributed by atoms with van der Waals surface area (Å²) in [7, 11) is 2.16. The molecule has 0 bridgehead atoms. The average molecular weight is 270 g/mol. The highest BCUT2D eigenvalue weighted by molar-refractivity contribution is 8.06. The molecule has 3 rings (SSSR count). The van der Waals surface area contributed by atoms with Crippen LogP contribution in [-0.4, -0.2) is 48.9 Å². The molecular weight excluding hydrogens is 254 g/mol. The smallest absolute Gasteiger partial charge is 0.131 e. The molecule has 5 heteroatoms. The number of hydrogen-bond acceptors (Lipinski definition) is 4. The quantitative estimate of drug-likeness (QED) is 0.606. The topological polar surface area (TPSA) is 19.4 Å². The summed E-state index contributed by atoms with van der Waals surface area (Å²) in [4.78, 5) is 9.14. The second kappa shape index (κ2) is 4.67. The molecular formula is C12H16ClN3S. The fourth-order valence-corrected chi connectivity index (χ4v) is 2.96. The van der Waals surface area contributed by atoms with Gasteiger partial charge in [0.1, 0.15) is 11.0 Å². The van der Waals surface area contributed by atoms with Crippen molar-refractivity contribution in [3.05, 3.63) is 22.8 Å². The van der Waals surface area contributed by atoms with Gasteiger partial charge in [-0.1, -0.05) is 11.6 Å². The van der Waals surface area contributed by atoms with E-state index >= 15 is 0 Å². The third kappa shape index (κ3) is 2.69. The molecule has 2 aliphatic rings. The Balaban J connectivity index is 1.81. The summed E-state index contributed by atoms with van der Waals surface area (Å²) in [5.74, 6) is 2.27. The van der Waals surface area contributed by atoms with E-state index < -0.39 is 0 Å². The summed E-state index contributed by atoms with van der Waals surface area (Å²) in [5, 5.41) is 1.28. The van der Waals surface area contributed by atoms with Crippen LogP contribution in [0.15, 0.2) is 12.1 Å². The minimum atomic E-state index is 0.629. The third-order valence-electron chi connectivity index (χ3n) is 3.34. The summed E-state index contributed by atoms with van der Waals surface area (Å²) < 4.78 is 0. The van der Waals surface area contributed by atoms with Crippen molar-refractivity contribution in [2.75, 3.05) is 43.9 Å². The summed E-state index contributed by atoms with van der Waals surface area (Å²) >= 11 is 8.08. The summed E-state index contributed by atoms with van der Waals surface area (Å²) in [5.41, 5.74) is 1.34. The van der Waals surface area contributed by atoms with E-state index in [0.717, 1.165) is 32.0 Å². The molecule has 92 valence electrons. The van der Waals surface area contributed by atoms with Crippen molar-refractivity contribution in [1.29, 1.82) is 0 Å². The van der Waals surface area contributed by atoms with Gasteiger partial charge in [0.25, 0.3) is 0 Å². The first-order valence-electron chi connectivity index (χ1n) is 5.95. The standard InChI is InChI=1S/C12H16ClN3S/c1-15-2-4-16(5-3-15)12-7-9(10-8-17-10)6-11(13)14-12/h6-7,10H,2-5,8H2,1H3. The lowest BCUT2D eigenvalue weighted by Gasteiger charge is -2.33. The maximum absolute atomic E-state index is 6.11. The van der Waals surface area contributed by atoms with Crippen LogP contribution in [0.5, 0.6) is 0 Å². The molecule has 1 atom stereocenters. The van der Waals surface area contributed by atoms with Gasteiger partial charge in [0.05, 0.1) is 0 Å². The van der Waals surface area contributed by atoms with Crippen molar-refractivity contribution in [3.8, 4) is 0 Å². The average Bonchev–Trinajstić information content (AvgIpc) is 3.13. The number of halogens is 1. The Labute approximate surface area is 111 Å². The van der Waals surface area contributed by atoms with Gasteiger partial charge in [-0.15, -0.1) is 0 Å². The number of pyridine rings is 1. The molecule has 0 spiro atoms. The van der Waals surface area contributed by atoms with Crippen molar-refractivity contribution < 1.29 is 0 Å². The Morgan fingerprint density at radius 3 is 2.65 bits per heavy atom. The Morgan fingerprint density at radius 1 is 1.29 bits per heavy atom. The molecule has 1 aromatic rings. The maximum atomic E-state index is 6.11. The Bertz CT molecular complexity index is 414. The van der Waals surface area contributed by atoms with E-state index in [0.29, 0.717) is 10.4 Å². The molecule has 0 aliphatic carbocycles. The van der Waals surface area contributed by atoms with Gasteiger partial charge in [0.15, 0.2) is 0 Å². The van der Waals surface area contributed by atoms with Crippen LogP contribution in [0.1, 0.15) is 10.8 Å². The predicted molar refractivity (Wildman–Crippen MR) is 74.2 cm³/mol. The van der Waals surface area contributed by atoms with E-state index in [1.807, 2.05) is 17.8 Å². The lowest BCUT2D eigenvalue weighted by atomic mass is 10.2. The largest absolute Gasteiger partial charge is 0.354 e. The highest BCUT2D eigenvalue weighted by atomic mass is 35.5. The Hall–Kier alpha value is -0.450. The SMILES string of the molecule is CN1CCN(c2cc(C3CS3)cc(Cl)n2)CC1. The predicted octanol–water partition coefficient (Wildman–Crippen LogP) is 2.27. The van der Waals surface area contributed by atoms with Gasteiger partial charge < -0.3 is 9.80 Å². The number of hydrogen-bond donors (Lipinski definition) is 0. The monoisotopic (exact) mass is 269 g/mol. The molecule has 2 aliphatic heterocycles. The molecule has 2 fully saturated rings. The lowest BCUT2D eigenvalue weighted by Crippen LogP contribution is -2.44. The van der Waals surface area contributed by atoms with Gasteiger partial charge in [-0.25, -0.2) is 4.98 Å². The summed E-state index contributed by atoms with van der Waals surface area (Å²) in [6, 6.07) is 4.22. The van der Waals surface area contributed by atoms with Crippen molar-refractivity contribution in [1.82, 2.24) is 9.88 Å². The van der Waals surface area contributed by atoms with Gasteiger partial charge in [0.2, 0.25) is 0 Å². The van der Waals surface area contributed by atoms with Crippen LogP contribution in [0.25, 0.3) is 0 Å². The van der Waals surface area contributed by atoms with Crippen molar-refractivity contribution in [2.45, 2.75) is 5.25 Å². The molecule has 0 radical (unpaired) electrons. The molecule has 0 amide bonds. The zero-order valence-electron chi connectivity index (χ0n) is 9.90. The van der Waals surface area contributed by atoms with Crippen molar-refractivity contribution in [2.24, 2.45) is 0 Å². The van der Waals surface area contributed by atoms with Crippen LogP contribution in [0, 0.1) is 0 Å². The maximum Gasteiger partial charge on any atom is 0.131 e. The molecule has 0 N–H and O–H groups in total. The molecule has 3 heterocycles. The number of aromatic nitrogens is 1. The molecule has 17 heavy (non-hydrogen) atoms. The normalized spacial score (nSPS) is 25.1. The van der Waals surface area contributed by atoms with Gasteiger partial charge in [-0.3, -0.25) is 0 Å². The van der Waals surface area contributed by atoms with Gasteiger partial charge in [0, 0.05) is 37.2 Å². The minimum Gasteiger partial charge on any atom is -0.354 e. The first-order chi connectivity index (χ1) is 8.22. The molecule has 1 unspecified atom stereocenters. The number of likely N-dealkylation sites (N-methyl/N-ethyl adjacent to an activating group) is 1. The number of thioether (sulfide) groups is 1. The highest BCUT2D eigenvalue weighted by Gasteiger charge is 2.26. The Kier molecular flexibility index (Phi) is 3.19. The van der Waals surface area contributed by atoms with Gasteiger partial charge >= 0.3 is 0 Å². The van der Waals surface area contributed by atoms with Crippen LogP contribution in [0.2, 0.25) is 5.15 Å². The molecule has 2 saturated heterocycles. The van der Waals surface area contributed by atoms with Crippen LogP contribution in [-0.2, 0) is 0 Å². The first kappa shape index (κ1) is 11.6. The molecule has 0 aromatic carbocycles. The minimum absolute atomic E-state index is 0.629. The zero-order valence-corrected chi connectivity index (χ0v) is 11.5. The van der Waals surface area contributed by atoms with Crippen LogP contribution in [0.4, 0.5) is 5.82 Å². The number of nitrogens with zero attached hydrogens (tertiary/aromatic N) is 3. The van der Waals surface area contributed by atoms with E-state index in [1.54, 1.807) is 0 Å². The van der Waals surface area contributed by atoms with Crippen molar-refractivity contribution >= 4 is 29.2 Å². The second-order valence-corrected chi connectivity index (χ2v) is 6.32. The fraction of sp³-hybridized carbons (Fsp3) is 0.583. The van der Waals surface area contributed by atoms with E-state index in [9.17, 15) is 0 Å². The highest BCUT2D eigenvalue weighted by Crippen LogP contribution is 2.47. The number of anilines is 1. The molecule has 1 aromatic heterocycles. The fourth-order valence-electron chi connectivity index (χ4n) is 2.13. The first-order valence-corrected chi connectivity index (χ1v) is 7.37. The van der Waals surface area contributed by atoms with E-state index in [2.05, 4.69) is 27.9 Å². The van der Waals surface area contributed by atoms with E-state index in [-0.39, 0.29) is 0 Å². The zero-order chi connectivity index (χ0) is 11.8. The third-order valence-corrected chi connectivity index (χ3v) is 4.47. The van der Waals surface area contributed by atoms with Crippen LogP contribution in [0.3, 0.4) is 0 Å². The number of piperazine rings is 1. The van der Waals surface area contributed by atoms with E-state index in [4.69, 9.17) is 11.6 Å². The molecule has 0 saturated carbocycles.